The van der Waals surface area contributed by atoms with Gasteiger partial charge in [0.15, 0.2) is 0 Å². The third kappa shape index (κ3) is 2.67. The van der Waals surface area contributed by atoms with Crippen LogP contribution < -0.4 is 0 Å². The molecule has 0 radical (unpaired) electrons. The van der Waals surface area contributed by atoms with Gasteiger partial charge in [0, 0.05) is 4.47 Å². The molecule has 0 aromatic heterocycles. The number of aliphatic hydroxyl groups is 1. The van der Waals surface area contributed by atoms with Crippen LogP contribution in [0.25, 0.3) is 0 Å². The Balaban J connectivity index is 2.15. The maximum Gasteiger partial charge on any atom is 0.0820 e. The third-order valence-electron chi connectivity index (χ3n) is 3.65. The fourth-order valence-corrected chi connectivity index (χ4v) is 3.15. The molecule has 0 aliphatic heterocycles. The van der Waals surface area contributed by atoms with Gasteiger partial charge in [0.05, 0.1) is 6.10 Å². The summed E-state index contributed by atoms with van der Waals surface area (Å²) in [6, 6.07) is 6.16. The summed E-state index contributed by atoms with van der Waals surface area (Å²) in [4.78, 5) is 0. The second kappa shape index (κ2) is 5.33. The van der Waals surface area contributed by atoms with Crippen LogP contribution in [0.4, 0.5) is 0 Å². The van der Waals surface area contributed by atoms with Crippen molar-refractivity contribution >= 4 is 15.9 Å². The van der Waals surface area contributed by atoms with Crippen LogP contribution in [0.2, 0.25) is 0 Å². The van der Waals surface area contributed by atoms with E-state index in [1.54, 1.807) is 0 Å². The maximum absolute atomic E-state index is 10.4. The highest BCUT2D eigenvalue weighted by Gasteiger charge is 2.23. The normalized spacial score (nSPS) is 19.7. The van der Waals surface area contributed by atoms with Crippen LogP contribution in [-0.2, 0) is 0 Å². The molecule has 0 spiro atoms. The molecule has 1 unspecified atom stereocenters. The number of aliphatic hydroxyl groups excluding tert-OH is 1. The van der Waals surface area contributed by atoms with Crippen molar-refractivity contribution in [3.8, 4) is 0 Å². The highest BCUT2D eigenvalue weighted by Crippen LogP contribution is 2.35. The van der Waals surface area contributed by atoms with Gasteiger partial charge in [-0.25, -0.2) is 0 Å². The average molecular weight is 283 g/mol. The van der Waals surface area contributed by atoms with Crippen molar-refractivity contribution in [1.29, 1.82) is 0 Å². The summed E-state index contributed by atoms with van der Waals surface area (Å²) in [7, 11) is 0. The molecule has 0 saturated heterocycles. The summed E-state index contributed by atoms with van der Waals surface area (Å²) in [6.45, 7) is 2.08. The zero-order valence-electron chi connectivity index (χ0n) is 9.75. The Kier molecular flexibility index (Phi) is 4.04. The van der Waals surface area contributed by atoms with Gasteiger partial charge >= 0.3 is 0 Å². The average Bonchev–Trinajstić information content (AvgIpc) is 2.29. The monoisotopic (exact) mass is 282 g/mol. The minimum atomic E-state index is -0.270. The van der Waals surface area contributed by atoms with Gasteiger partial charge in [-0.05, 0) is 48.9 Å². The largest absolute Gasteiger partial charge is 0.388 e. The Bertz CT molecular complexity index is 356. The quantitative estimate of drug-likeness (QED) is 0.854. The first kappa shape index (κ1) is 12.1. The maximum atomic E-state index is 10.4. The van der Waals surface area contributed by atoms with E-state index in [0.717, 1.165) is 10.0 Å². The van der Waals surface area contributed by atoms with Gasteiger partial charge in [-0.3, -0.25) is 0 Å². The highest BCUT2D eigenvalue weighted by molar-refractivity contribution is 9.10. The molecule has 0 amide bonds. The van der Waals surface area contributed by atoms with E-state index in [1.165, 1.54) is 37.7 Å². The summed E-state index contributed by atoms with van der Waals surface area (Å²) in [6.07, 6.45) is 5.97. The molecule has 0 heterocycles. The van der Waals surface area contributed by atoms with Gasteiger partial charge in [-0.2, -0.15) is 0 Å². The van der Waals surface area contributed by atoms with Crippen molar-refractivity contribution in [3.63, 3.8) is 0 Å². The molecule has 1 aliphatic rings. The summed E-state index contributed by atoms with van der Waals surface area (Å²) < 4.78 is 1.09. The van der Waals surface area contributed by atoms with Gasteiger partial charge in [-0.1, -0.05) is 41.3 Å². The Hall–Kier alpha value is -0.340. The van der Waals surface area contributed by atoms with Crippen LogP contribution in [-0.4, -0.2) is 5.11 Å². The molecule has 1 nitrogen and oxygen atoms in total. The molecule has 88 valence electrons. The van der Waals surface area contributed by atoms with Crippen molar-refractivity contribution in [3.05, 3.63) is 33.8 Å². The van der Waals surface area contributed by atoms with Gasteiger partial charge in [0.1, 0.15) is 0 Å². The molecule has 1 aliphatic carbocycles. The van der Waals surface area contributed by atoms with E-state index in [4.69, 9.17) is 0 Å². The van der Waals surface area contributed by atoms with Crippen molar-refractivity contribution in [2.24, 2.45) is 5.92 Å². The van der Waals surface area contributed by atoms with E-state index in [2.05, 4.69) is 35.0 Å². The predicted octanol–water partition coefficient (Wildman–Crippen LogP) is 4.37. The van der Waals surface area contributed by atoms with Crippen molar-refractivity contribution in [2.75, 3.05) is 0 Å². The second-order valence-corrected chi connectivity index (χ2v) is 5.76. The number of aryl methyl sites for hydroxylation is 1. The molecule has 2 heteroatoms. The molecule has 1 atom stereocenters. The predicted molar refractivity (Wildman–Crippen MR) is 70.4 cm³/mol. The lowest BCUT2D eigenvalue weighted by molar-refractivity contribution is 0.0843. The van der Waals surface area contributed by atoms with E-state index in [-0.39, 0.29) is 6.10 Å². The molecule has 1 aromatic rings. The van der Waals surface area contributed by atoms with Crippen LogP contribution in [0.5, 0.6) is 0 Å². The fraction of sp³-hybridized carbons (Fsp3) is 0.571. The van der Waals surface area contributed by atoms with E-state index in [9.17, 15) is 5.11 Å². The number of hydrogen-bond donors (Lipinski definition) is 1. The highest BCUT2D eigenvalue weighted by atomic mass is 79.9. The molecule has 16 heavy (non-hydrogen) atoms. The van der Waals surface area contributed by atoms with Gasteiger partial charge in [-0.15, -0.1) is 0 Å². The lowest BCUT2D eigenvalue weighted by Gasteiger charge is -2.27. The van der Waals surface area contributed by atoms with E-state index >= 15 is 0 Å². The first-order chi connectivity index (χ1) is 7.68. The number of halogens is 1. The van der Waals surface area contributed by atoms with Crippen molar-refractivity contribution < 1.29 is 5.11 Å². The van der Waals surface area contributed by atoms with Crippen LogP contribution in [0.1, 0.15) is 49.3 Å². The number of hydrogen-bond acceptors (Lipinski definition) is 1. The zero-order chi connectivity index (χ0) is 11.5. The minimum absolute atomic E-state index is 0.270. The molecule has 1 aromatic carbocycles. The van der Waals surface area contributed by atoms with E-state index in [0.29, 0.717) is 5.92 Å². The van der Waals surface area contributed by atoms with Crippen molar-refractivity contribution in [2.45, 2.75) is 45.1 Å². The molecule has 1 N–H and O–H groups in total. The number of rotatable bonds is 2. The molecular weight excluding hydrogens is 264 g/mol. The molecule has 2 rings (SSSR count). The Morgan fingerprint density at radius 2 is 1.94 bits per heavy atom. The summed E-state index contributed by atoms with van der Waals surface area (Å²) >= 11 is 3.46. The minimum Gasteiger partial charge on any atom is -0.388 e. The Morgan fingerprint density at radius 3 is 2.56 bits per heavy atom. The molecule has 1 saturated carbocycles. The molecular formula is C14H19BrO. The topological polar surface area (TPSA) is 20.2 Å². The van der Waals surface area contributed by atoms with Crippen LogP contribution in [0.15, 0.2) is 22.7 Å². The van der Waals surface area contributed by atoms with E-state index in [1.807, 2.05) is 6.07 Å². The standard InChI is InChI=1S/C14H19BrO/c1-10-9-12(15)7-8-13(10)14(16)11-5-3-2-4-6-11/h7-9,11,14,16H,2-6H2,1H3. The Labute approximate surface area is 106 Å². The summed E-state index contributed by atoms with van der Waals surface area (Å²) in [5, 5.41) is 10.4. The van der Waals surface area contributed by atoms with Gasteiger partial charge in [0.2, 0.25) is 0 Å². The SMILES string of the molecule is Cc1cc(Br)ccc1C(O)C1CCCCC1. The van der Waals surface area contributed by atoms with E-state index < -0.39 is 0 Å². The zero-order valence-corrected chi connectivity index (χ0v) is 11.3. The van der Waals surface area contributed by atoms with Gasteiger partial charge < -0.3 is 5.11 Å². The summed E-state index contributed by atoms with van der Waals surface area (Å²) in [5.41, 5.74) is 2.29. The first-order valence-electron chi connectivity index (χ1n) is 6.12. The third-order valence-corrected chi connectivity index (χ3v) is 4.14. The fourth-order valence-electron chi connectivity index (χ4n) is 2.67. The van der Waals surface area contributed by atoms with Gasteiger partial charge in [0.25, 0.3) is 0 Å². The lowest BCUT2D eigenvalue weighted by Crippen LogP contribution is -2.16. The Morgan fingerprint density at radius 1 is 1.25 bits per heavy atom. The number of benzene rings is 1. The van der Waals surface area contributed by atoms with Crippen molar-refractivity contribution in [1.82, 2.24) is 0 Å². The van der Waals surface area contributed by atoms with Crippen LogP contribution >= 0.6 is 15.9 Å². The lowest BCUT2D eigenvalue weighted by atomic mass is 9.82. The summed E-state index contributed by atoms with van der Waals surface area (Å²) in [5.74, 6) is 0.466. The second-order valence-electron chi connectivity index (χ2n) is 4.84. The molecule has 1 fully saturated rings. The smallest absolute Gasteiger partial charge is 0.0820 e. The first-order valence-corrected chi connectivity index (χ1v) is 6.92. The van der Waals surface area contributed by atoms with Crippen LogP contribution in [0.3, 0.4) is 0 Å². The van der Waals surface area contributed by atoms with Crippen LogP contribution in [0, 0.1) is 12.8 Å². The molecule has 0 bridgehead atoms.